The molecule has 0 saturated carbocycles. The number of amides is 2. The zero-order chi connectivity index (χ0) is 20.6. The predicted octanol–water partition coefficient (Wildman–Crippen LogP) is 2.04. The Morgan fingerprint density at radius 2 is 1.61 bits per heavy atom. The predicted molar refractivity (Wildman–Crippen MR) is 94.6 cm³/mol. The number of benzene rings is 2. The molecule has 11 nitrogen and oxygen atoms in total. The van der Waals surface area contributed by atoms with Gasteiger partial charge in [-0.15, -0.1) is 11.6 Å². The number of alkyl halides is 1. The van der Waals surface area contributed by atoms with Crippen LogP contribution in [-0.2, 0) is 4.79 Å². The largest absolute Gasteiger partial charge is 0.508 e. The second-order valence-corrected chi connectivity index (χ2v) is 6.31. The molecule has 0 aromatic heterocycles. The van der Waals surface area contributed by atoms with Gasteiger partial charge in [0.05, 0.1) is 21.5 Å². The molecule has 0 aliphatic carbocycles. The van der Waals surface area contributed by atoms with Gasteiger partial charge in [0.15, 0.2) is 0 Å². The number of hydrazine groups is 1. The van der Waals surface area contributed by atoms with Crippen molar-refractivity contribution >= 4 is 34.8 Å². The van der Waals surface area contributed by atoms with E-state index in [1.54, 1.807) is 0 Å². The third kappa shape index (κ3) is 3.42. The molecule has 28 heavy (non-hydrogen) atoms. The molecule has 2 N–H and O–H groups in total. The number of phenols is 1. The van der Waals surface area contributed by atoms with E-state index in [9.17, 15) is 34.9 Å². The van der Waals surface area contributed by atoms with Gasteiger partial charge in [0.25, 0.3) is 23.2 Å². The number of phenolic OH excluding ortho intramolecular Hbond substituents is 1. The first kappa shape index (κ1) is 19.0. The fourth-order valence-corrected chi connectivity index (χ4v) is 3.04. The molecule has 1 heterocycles. The molecule has 0 radical (unpaired) electrons. The van der Waals surface area contributed by atoms with E-state index in [4.69, 9.17) is 11.6 Å². The van der Waals surface area contributed by atoms with E-state index in [-0.39, 0.29) is 11.3 Å². The fraction of sp³-hybridized carbons (Fsp3) is 0.125. The van der Waals surface area contributed by atoms with Crippen molar-refractivity contribution in [2.75, 3.05) is 0 Å². The summed E-state index contributed by atoms with van der Waals surface area (Å²) in [7, 11) is 0. The summed E-state index contributed by atoms with van der Waals surface area (Å²) < 4.78 is 0. The van der Waals surface area contributed by atoms with Crippen LogP contribution < -0.4 is 5.43 Å². The highest BCUT2D eigenvalue weighted by Gasteiger charge is 2.48. The lowest BCUT2D eigenvalue weighted by molar-refractivity contribution is -0.394. The molecule has 2 amide bonds. The van der Waals surface area contributed by atoms with Gasteiger partial charge in [-0.2, -0.15) is 0 Å². The van der Waals surface area contributed by atoms with Crippen molar-refractivity contribution in [2.45, 2.75) is 11.4 Å². The number of hydrogen-bond donors (Lipinski definition) is 2. The van der Waals surface area contributed by atoms with Crippen LogP contribution in [0.15, 0.2) is 42.5 Å². The molecule has 3 rings (SSSR count). The maximum Gasteiger partial charge on any atom is 0.277 e. The number of nitro benzene ring substituents is 2. The number of non-ortho nitro benzene ring substituents is 2. The number of carbonyl (C=O) groups excluding carboxylic acids is 2. The van der Waals surface area contributed by atoms with Crippen molar-refractivity contribution in [1.29, 1.82) is 0 Å². The Balaban J connectivity index is 1.87. The molecule has 1 fully saturated rings. The minimum atomic E-state index is -0.968. The van der Waals surface area contributed by atoms with Gasteiger partial charge in [-0.25, -0.2) is 5.01 Å². The second kappa shape index (κ2) is 7.12. The van der Waals surface area contributed by atoms with E-state index in [1.807, 2.05) is 0 Å². The maximum atomic E-state index is 12.4. The summed E-state index contributed by atoms with van der Waals surface area (Å²) in [6.07, 6.45) is 0. The van der Waals surface area contributed by atoms with Gasteiger partial charge in [-0.05, 0) is 17.7 Å². The highest BCUT2D eigenvalue weighted by molar-refractivity contribution is 6.33. The first-order valence-corrected chi connectivity index (χ1v) is 8.13. The van der Waals surface area contributed by atoms with Crippen LogP contribution >= 0.6 is 11.6 Å². The summed E-state index contributed by atoms with van der Waals surface area (Å²) >= 11 is 6.01. The minimum Gasteiger partial charge on any atom is -0.508 e. The average Bonchev–Trinajstić information content (AvgIpc) is 2.68. The lowest BCUT2D eigenvalue weighted by Gasteiger charge is -2.43. The molecule has 12 heteroatoms. The monoisotopic (exact) mass is 406 g/mol. The Bertz CT molecular complexity index is 963. The zero-order valence-electron chi connectivity index (χ0n) is 13.8. The molecule has 1 saturated heterocycles. The lowest BCUT2D eigenvalue weighted by Crippen LogP contribution is -2.63. The van der Waals surface area contributed by atoms with Gasteiger partial charge < -0.3 is 5.11 Å². The van der Waals surface area contributed by atoms with Crippen LogP contribution in [0.3, 0.4) is 0 Å². The highest BCUT2D eigenvalue weighted by atomic mass is 35.5. The molecule has 1 aliphatic rings. The van der Waals surface area contributed by atoms with Crippen LogP contribution in [0.25, 0.3) is 0 Å². The highest BCUT2D eigenvalue weighted by Crippen LogP contribution is 2.37. The summed E-state index contributed by atoms with van der Waals surface area (Å²) in [4.78, 5) is 44.7. The Morgan fingerprint density at radius 3 is 2.11 bits per heavy atom. The third-order valence-corrected chi connectivity index (χ3v) is 4.50. The van der Waals surface area contributed by atoms with Crippen LogP contribution in [0, 0.1) is 20.2 Å². The molecule has 2 atom stereocenters. The average molecular weight is 407 g/mol. The fourth-order valence-electron chi connectivity index (χ4n) is 2.68. The van der Waals surface area contributed by atoms with Crippen molar-refractivity contribution in [2.24, 2.45) is 0 Å². The summed E-state index contributed by atoms with van der Waals surface area (Å²) in [5.41, 5.74) is 1.15. The molecular weight excluding hydrogens is 396 g/mol. The van der Waals surface area contributed by atoms with E-state index in [1.165, 1.54) is 24.3 Å². The maximum absolute atomic E-state index is 12.4. The van der Waals surface area contributed by atoms with Gasteiger partial charge in [0.1, 0.15) is 17.2 Å². The van der Waals surface area contributed by atoms with Gasteiger partial charge in [0.2, 0.25) is 0 Å². The summed E-state index contributed by atoms with van der Waals surface area (Å²) in [6.45, 7) is 0. The Hall–Kier alpha value is -3.73. The third-order valence-electron chi connectivity index (χ3n) is 4.07. The van der Waals surface area contributed by atoms with Crippen LogP contribution in [0.4, 0.5) is 11.4 Å². The Labute approximate surface area is 161 Å². The molecule has 144 valence electrons. The molecule has 1 aliphatic heterocycles. The SMILES string of the molecule is O=C(NN1C(=O)C(Cl)C1c1ccc(O)cc1)c1cc([N+](=O)[O-])cc([N+](=O)[O-])c1. The number of β-lactam (4-membered cyclic amide) rings is 1. The van der Waals surface area contributed by atoms with Crippen LogP contribution in [0.5, 0.6) is 5.75 Å². The van der Waals surface area contributed by atoms with E-state index in [2.05, 4.69) is 5.43 Å². The number of aromatic hydroxyl groups is 1. The normalized spacial score (nSPS) is 18.3. The van der Waals surface area contributed by atoms with Crippen LogP contribution in [0.2, 0.25) is 0 Å². The van der Waals surface area contributed by atoms with Crippen LogP contribution in [-0.4, -0.2) is 37.2 Å². The van der Waals surface area contributed by atoms with Crippen LogP contribution in [0.1, 0.15) is 22.0 Å². The summed E-state index contributed by atoms with van der Waals surface area (Å²) in [6, 6.07) is 7.49. The second-order valence-electron chi connectivity index (χ2n) is 5.84. The van der Waals surface area contributed by atoms with Gasteiger partial charge >= 0.3 is 0 Å². The topological polar surface area (TPSA) is 156 Å². The van der Waals surface area contributed by atoms with Gasteiger partial charge in [-0.1, -0.05) is 12.1 Å². The number of rotatable bonds is 5. The number of nitrogens with zero attached hydrogens (tertiary/aromatic N) is 3. The number of carbonyl (C=O) groups is 2. The van der Waals surface area contributed by atoms with Gasteiger partial charge in [-0.3, -0.25) is 35.2 Å². The number of halogens is 1. The summed E-state index contributed by atoms with van der Waals surface area (Å²) in [5, 5.41) is 31.2. The molecule has 2 aromatic rings. The molecule has 2 aromatic carbocycles. The first-order valence-electron chi connectivity index (χ1n) is 7.70. The zero-order valence-corrected chi connectivity index (χ0v) is 14.6. The van der Waals surface area contributed by atoms with Crippen molar-refractivity contribution in [3.8, 4) is 5.75 Å². The summed E-state index contributed by atoms with van der Waals surface area (Å²) in [5.74, 6) is -1.57. The number of nitrogens with one attached hydrogen (secondary N) is 1. The first-order chi connectivity index (χ1) is 13.2. The molecule has 0 spiro atoms. The van der Waals surface area contributed by atoms with E-state index < -0.39 is 44.5 Å². The van der Waals surface area contributed by atoms with E-state index >= 15 is 0 Å². The quantitative estimate of drug-likeness (QED) is 0.333. The molecule has 2 unspecified atom stereocenters. The van der Waals surface area contributed by atoms with Crippen molar-refractivity contribution in [3.05, 3.63) is 73.8 Å². The van der Waals surface area contributed by atoms with Crippen molar-refractivity contribution in [1.82, 2.24) is 10.4 Å². The number of hydrogen-bond acceptors (Lipinski definition) is 7. The molecular formula is C16H11ClN4O7. The molecule has 0 bridgehead atoms. The van der Waals surface area contributed by atoms with E-state index in [0.29, 0.717) is 5.56 Å². The lowest BCUT2D eigenvalue weighted by atomic mass is 9.95. The standard InChI is InChI=1S/C16H11ClN4O7/c17-13-14(8-1-3-12(22)4-2-8)19(16(13)24)18-15(23)9-5-10(20(25)26)7-11(6-9)21(27)28/h1-7,13-14,22H,(H,18,23). The van der Waals surface area contributed by atoms with E-state index in [0.717, 1.165) is 23.2 Å². The van der Waals surface area contributed by atoms with Crippen molar-refractivity contribution < 1.29 is 24.5 Å². The van der Waals surface area contributed by atoms with Crippen molar-refractivity contribution in [3.63, 3.8) is 0 Å². The van der Waals surface area contributed by atoms with Gasteiger partial charge in [0, 0.05) is 12.1 Å². The Kier molecular flexibility index (Phi) is 4.84. The minimum absolute atomic E-state index is 0.0000117. The smallest absolute Gasteiger partial charge is 0.277 e. The number of nitro groups is 2. The Morgan fingerprint density at radius 1 is 1.07 bits per heavy atom.